The van der Waals surface area contributed by atoms with E-state index in [-0.39, 0.29) is 5.48 Å². The van der Waals surface area contributed by atoms with Gasteiger partial charge in [0.1, 0.15) is 5.03 Å². The second kappa shape index (κ2) is 7.52. The molecule has 4 N–H and O–H groups in total. The van der Waals surface area contributed by atoms with Gasteiger partial charge < -0.3 is 15.7 Å². The van der Waals surface area contributed by atoms with Gasteiger partial charge >= 0.3 is 0 Å². The summed E-state index contributed by atoms with van der Waals surface area (Å²) < 4.78 is 0. The minimum atomic E-state index is -1.19. The van der Waals surface area contributed by atoms with Crippen molar-refractivity contribution in [2.75, 3.05) is 0 Å². The number of allylic oxidation sites excluding steroid dienone is 2. The Morgan fingerprint density at radius 3 is 1.89 bits per heavy atom. The van der Waals surface area contributed by atoms with Crippen LogP contribution in [0.5, 0.6) is 0 Å². The summed E-state index contributed by atoms with van der Waals surface area (Å²) in [6.45, 7) is 0. The number of pyridine rings is 1. The molecule has 8 heteroatoms. The van der Waals surface area contributed by atoms with Gasteiger partial charge in [-0.3, -0.25) is 9.59 Å². The van der Waals surface area contributed by atoms with Gasteiger partial charge in [0.15, 0.2) is 23.9 Å². The molecule has 0 saturated heterocycles. The SMILES string of the molecule is O.O=C1C(O)=C(Cl)C(=O)C([O-])=C1Cl.c1cc[nH+]cc1. The first kappa shape index (κ1) is 17.1. The van der Waals surface area contributed by atoms with Gasteiger partial charge in [-0.2, -0.15) is 0 Å². The molecule has 0 radical (unpaired) electrons. The summed E-state index contributed by atoms with van der Waals surface area (Å²) in [5.41, 5.74) is 0. The van der Waals surface area contributed by atoms with Crippen molar-refractivity contribution in [3.05, 3.63) is 52.2 Å². The zero-order valence-corrected chi connectivity index (χ0v) is 10.8. The quantitative estimate of drug-likeness (QED) is 0.657. The normalized spacial score (nSPS) is 14.6. The number of carbonyl (C=O) groups is 2. The first-order valence-corrected chi connectivity index (χ1v) is 5.38. The van der Waals surface area contributed by atoms with E-state index in [1.54, 1.807) is 0 Å². The lowest BCUT2D eigenvalue weighted by molar-refractivity contribution is -0.377. The number of aliphatic hydroxyl groups excluding tert-OH is 1. The van der Waals surface area contributed by atoms with E-state index in [2.05, 4.69) is 4.98 Å². The molecule has 0 amide bonds. The summed E-state index contributed by atoms with van der Waals surface area (Å²) in [4.78, 5) is 24.4. The maximum atomic E-state index is 10.8. The van der Waals surface area contributed by atoms with E-state index in [1.165, 1.54) is 0 Å². The highest BCUT2D eigenvalue weighted by molar-refractivity contribution is 6.55. The first-order valence-electron chi connectivity index (χ1n) is 4.62. The molecule has 0 saturated carbocycles. The maximum absolute atomic E-state index is 10.8. The lowest BCUT2D eigenvalue weighted by Crippen LogP contribution is -2.26. The summed E-state index contributed by atoms with van der Waals surface area (Å²) >= 11 is 10.3. The minimum absolute atomic E-state index is 0. The highest BCUT2D eigenvalue weighted by atomic mass is 35.5. The molecule has 1 aromatic rings. The summed E-state index contributed by atoms with van der Waals surface area (Å²) in [7, 11) is 0. The number of nitrogens with one attached hydrogen (secondary N) is 1. The summed E-state index contributed by atoms with van der Waals surface area (Å²) in [5.74, 6) is -4.46. The maximum Gasteiger partial charge on any atom is 0.239 e. The van der Waals surface area contributed by atoms with Crippen molar-refractivity contribution in [1.29, 1.82) is 0 Å². The van der Waals surface area contributed by atoms with E-state index in [9.17, 15) is 14.7 Å². The Kier molecular flexibility index (Phi) is 6.78. The minimum Gasteiger partial charge on any atom is -0.869 e. The Hall–Kier alpha value is -1.89. The molecule has 1 aromatic heterocycles. The van der Waals surface area contributed by atoms with E-state index in [0.717, 1.165) is 0 Å². The predicted octanol–water partition coefficient (Wildman–Crippen LogP) is -0.367. The van der Waals surface area contributed by atoms with Gasteiger partial charge in [0.25, 0.3) is 0 Å². The third-order valence-electron chi connectivity index (χ3n) is 1.83. The van der Waals surface area contributed by atoms with Crippen LogP contribution in [0.4, 0.5) is 0 Å². The van der Waals surface area contributed by atoms with Crippen LogP contribution in [0.3, 0.4) is 0 Å². The monoisotopic (exact) mass is 305 g/mol. The highest BCUT2D eigenvalue weighted by Gasteiger charge is 2.28. The van der Waals surface area contributed by atoms with Crippen molar-refractivity contribution in [3.63, 3.8) is 0 Å². The Morgan fingerprint density at radius 1 is 1.00 bits per heavy atom. The average Bonchev–Trinajstić information content (AvgIpc) is 2.43. The van der Waals surface area contributed by atoms with Crippen LogP contribution in [0.1, 0.15) is 0 Å². The second-order valence-electron chi connectivity index (χ2n) is 3.04. The van der Waals surface area contributed by atoms with Crippen molar-refractivity contribution in [3.8, 4) is 0 Å². The Bertz CT molecular complexity index is 451. The standard InChI is InChI=1S/C6H2Cl2O4.C5H5N.H2O/c7-1-3(9)5(11)2(8)6(12)4(1)10;1-2-4-6-5-3-1;/h9,12H;1-5H;1H2. The molecule has 2 rings (SSSR count). The van der Waals surface area contributed by atoms with Gasteiger partial charge in [-0.25, -0.2) is 4.98 Å². The molecule has 1 aliphatic rings. The van der Waals surface area contributed by atoms with Crippen LogP contribution in [0.2, 0.25) is 0 Å². The van der Waals surface area contributed by atoms with E-state index < -0.39 is 33.1 Å². The van der Waals surface area contributed by atoms with Crippen molar-refractivity contribution in [2.24, 2.45) is 0 Å². The molecule has 102 valence electrons. The Balaban J connectivity index is 0.000000392. The average molecular weight is 306 g/mol. The van der Waals surface area contributed by atoms with Crippen LogP contribution in [-0.4, -0.2) is 22.1 Å². The van der Waals surface area contributed by atoms with E-state index in [1.807, 2.05) is 30.6 Å². The van der Waals surface area contributed by atoms with Gasteiger partial charge in [-0.15, -0.1) is 0 Å². The van der Waals surface area contributed by atoms with Gasteiger partial charge in [0, 0.05) is 12.1 Å². The number of aromatic amines is 1. The molecule has 0 unspecified atom stereocenters. The van der Waals surface area contributed by atoms with Gasteiger partial charge in [-0.05, 0) is 5.76 Å². The number of rotatable bonds is 0. The summed E-state index contributed by atoms with van der Waals surface area (Å²) in [5, 5.41) is 17.9. The molecule has 19 heavy (non-hydrogen) atoms. The number of halogens is 2. The van der Waals surface area contributed by atoms with Crippen molar-refractivity contribution < 1.29 is 30.3 Å². The fourth-order valence-electron chi connectivity index (χ4n) is 0.956. The topological polar surface area (TPSA) is 123 Å². The Morgan fingerprint density at radius 2 is 1.53 bits per heavy atom. The molecule has 0 atom stereocenters. The molecule has 0 bridgehead atoms. The Labute approximate surface area is 117 Å². The number of H-pyrrole nitrogens is 1. The van der Waals surface area contributed by atoms with Gasteiger partial charge in [0.2, 0.25) is 5.78 Å². The first-order chi connectivity index (χ1) is 8.46. The number of aromatic nitrogens is 1. The molecule has 1 aliphatic carbocycles. The lowest BCUT2D eigenvalue weighted by Gasteiger charge is -2.17. The number of carbonyl (C=O) groups excluding carboxylic acids is 2. The highest BCUT2D eigenvalue weighted by Crippen LogP contribution is 2.24. The number of hydrogen-bond donors (Lipinski definition) is 1. The third kappa shape index (κ3) is 4.06. The predicted molar refractivity (Wildman–Crippen MR) is 65.0 cm³/mol. The van der Waals surface area contributed by atoms with Crippen LogP contribution in [-0.2, 0) is 9.59 Å². The molecule has 0 aromatic carbocycles. The third-order valence-corrected chi connectivity index (χ3v) is 2.53. The molecule has 0 spiro atoms. The van der Waals surface area contributed by atoms with Crippen LogP contribution in [0, 0.1) is 0 Å². The number of aliphatic hydroxyl groups is 1. The molecular formula is C11H9Cl2NO5. The fraction of sp³-hybridized carbons (Fsp3) is 0. The molecular weight excluding hydrogens is 297 g/mol. The number of hydrogen-bond acceptors (Lipinski definition) is 4. The molecule has 0 fully saturated rings. The van der Waals surface area contributed by atoms with Crippen molar-refractivity contribution in [2.45, 2.75) is 0 Å². The van der Waals surface area contributed by atoms with Crippen molar-refractivity contribution >= 4 is 34.8 Å². The second-order valence-corrected chi connectivity index (χ2v) is 3.80. The molecule has 0 aliphatic heterocycles. The van der Waals surface area contributed by atoms with Crippen LogP contribution in [0.15, 0.2) is 52.2 Å². The number of ketones is 2. The summed E-state index contributed by atoms with van der Waals surface area (Å²) in [6.07, 6.45) is 3.75. The fourth-order valence-corrected chi connectivity index (χ4v) is 1.30. The van der Waals surface area contributed by atoms with Gasteiger partial charge in [0.05, 0.1) is 5.03 Å². The largest absolute Gasteiger partial charge is 0.869 e. The van der Waals surface area contributed by atoms with Crippen LogP contribution < -0.4 is 10.1 Å². The van der Waals surface area contributed by atoms with Crippen LogP contribution in [0.25, 0.3) is 0 Å². The zero-order chi connectivity index (χ0) is 13.7. The molecule has 6 nitrogen and oxygen atoms in total. The number of Topliss-reactive ketones (excluding diaryl/α,β-unsaturated/α-hetero) is 2. The smallest absolute Gasteiger partial charge is 0.239 e. The van der Waals surface area contributed by atoms with Crippen LogP contribution >= 0.6 is 23.2 Å². The molecule has 1 heterocycles. The van der Waals surface area contributed by atoms with E-state index in [0.29, 0.717) is 0 Å². The lowest BCUT2D eigenvalue weighted by atomic mass is 10.1. The summed E-state index contributed by atoms with van der Waals surface area (Å²) in [6, 6.07) is 5.86. The van der Waals surface area contributed by atoms with E-state index in [4.69, 9.17) is 28.3 Å². The van der Waals surface area contributed by atoms with Crippen molar-refractivity contribution in [1.82, 2.24) is 0 Å². The van der Waals surface area contributed by atoms with Gasteiger partial charge in [-0.1, -0.05) is 29.3 Å². The zero-order valence-electron chi connectivity index (χ0n) is 9.31. The van der Waals surface area contributed by atoms with E-state index >= 15 is 0 Å².